The predicted octanol–water partition coefficient (Wildman–Crippen LogP) is 2.88. The van der Waals surface area contributed by atoms with Crippen molar-refractivity contribution in [3.8, 4) is 11.5 Å². The number of carboxylic acid groups (broad SMARTS) is 1. The van der Waals surface area contributed by atoms with E-state index in [4.69, 9.17) is 19.3 Å². The number of aliphatic carboxylic acids is 1. The van der Waals surface area contributed by atoms with Crippen LogP contribution in [0, 0.1) is 0 Å². The van der Waals surface area contributed by atoms with Gasteiger partial charge in [-0.2, -0.15) is 0 Å². The SMILES string of the molecule is COc1ccc(COCC(=O)O)c(OCc2ccccc2)c1. The fourth-order valence-electron chi connectivity index (χ4n) is 1.90. The minimum absolute atomic E-state index is 0.167. The highest BCUT2D eigenvalue weighted by Crippen LogP contribution is 2.26. The third kappa shape index (κ3) is 4.79. The van der Waals surface area contributed by atoms with Gasteiger partial charge in [0.25, 0.3) is 0 Å². The van der Waals surface area contributed by atoms with Crippen molar-refractivity contribution in [2.24, 2.45) is 0 Å². The minimum Gasteiger partial charge on any atom is -0.497 e. The Kier molecular flexibility index (Phi) is 5.80. The molecule has 0 fully saturated rings. The maximum Gasteiger partial charge on any atom is 0.329 e. The summed E-state index contributed by atoms with van der Waals surface area (Å²) in [7, 11) is 1.58. The fourth-order valence-corrected chi connectivity index (χ4v) is 1.90. The summed E-state index contributed by atoms with van der Waals surface area (Å²) in [6, 6.07) is 15.1. The molecule has 0 saturated carbocycles. The molecular weight excluding hydrogens is 284 g/mol. The highest BCUT2D eigenvalue weighted by molar-refractivity contribution is 5.68. The summed E-state index contributed by atoms with van der Waals surface area (Å²) in [4.78, 5) is 10.5. The number of methoxy groups -OCH3 is 1. The first-order chi connectivity index (χ1) is 10.7. The van der Waals surface area contributed by atoms with Gasteiger partial charge in [-0.05, 0) is 17.7 Å². The first-order valence-electron chi connectivity index (χ1n) is 6.82. The van der Waals surface area contributed by atoms with E-state index in [2.05, 4.69) is 0 Å². The molecule has 0 aliphatic carbocycles. The number of carboxylic acids is 1. The summed E-state index contributed by atoms with van der Waals surface area (Å²) in [5.74, 6) is 0.291. The molecule has 5 heteroatoms. The molecule has 5 nitrogen and oxygen atoms in total. The zero-order valence-corrected chi connectivity index (χ0v) is 12.3. The second-order valence-corrected chi connectivity index (χ2v) is 4.63. The van der Waals surface area contributed by atoms with Crippen LogP contribution >= 0.6 is 0 Å². The Morgan fingerprint density at radius 3 is 2.55 bits per heavy atom. The van der Waals surface area contributed by atoms with E-state index < -0.39 is 5.97 Å². The minimum atomic E-state index is -1.000. The van der Waals surface area contributed by atoms with Gasteiger partial charge >= 0.3 is 5.97 Å². The van der Waals surface area contributed by atoms with Crippen molar-refractivity contribution in [3.63, 3.8) is 0 Å². The van der Waals surface area contributed by atoms with Crippen molar-refractivity contribution in [3.05, 3.63) is 59.7 Å². The average molecular weight is 302 g/mol. The average Bonchev–Trinajstić information content (AvgIpc) is 2.54. The lowest BCUT2D eigenvalue weighted by Gasteiger charge is -2.13. The normalized spacial score (nSPS) is 10.2. The van der Waals surface area contributed by atoms with E-state index in [1.54, 1.807) is 25.3 Å². The topological polar surface area (TPSA) is 65.0 Å². The largest absolute Gasteiger partial charge is 0.497 e. The Hall–Kier alpha value is -2.53. The predicted molar refractivity (Wildman–Crippen MR) is 81.1 cm³/mol. The molecule has 2 aromatic carbocycles. The van der Waals surface area contributed by atoms with Gasteiger partial charge in [0, 0.05) is 11.6 Å². The summed E-state index contributed by atoms with van der Waals surface area (Å²) in [5, 5.41) is 8.62. The molecule has 2 rings (SSSR count). The van der Waals surface area contributed by atoms with Gasteiger partial charge in [-0.25, -0.2) is 4.79 Å². The van der Waals surface area contributed by atoms with E-state index >= 15 is 0 Å². The van der Waals surface area contributed by atoms with E-state index in [0.717, 1.165) is 11.1 Å². The molecule has 22 heavy (non-hydrogen) atoms. The molecule has 116 valence electrons. The lowest BCUT2D eigenvalue weighted by molar-refractivity contribution is -0.142. The molecule has 0 bridgehead atoms. The van der Waals surface area contributed by atoms with E-state index in [-0.39, 0.29) is 13.2 Å². The Morgan fingerprint density at radius 1 is 1.09 bits per heavy atom. The lowest BCUT2D eigenvalue weighted by atomic mass is 10.2. The second kappa shape index (κ2) is 8.05. The Labute approximate surface area is 129 Å². The maximum atomic E-state index is 10.5. The molecule has 0 heterocycles. The van der Waals surface area contributed by atoms with Gasteiger partial charge in [0.15, 0.2) is 0 Å². The van der Waals surface area contributed by atoms with E-state index in [9.17, 15) is 4.79 Å². The fraction of sp³-hybridized carbons (Fsp3) is 0.235. The standard InChI is InChI=1S/C17H18O5/c1-20-15-8-7-14(11-21-12-17(18)19)16(9-15)22-10-13-5-3-2-4-6-13/h2-9H,10-12H2,1H3,(H,18,19). The number of rotatable bonds is 8. The van der Waals surface area contributed by atoms with Gasteiger partial charge in [0.2, 0.25) is 0 Å². The van der Waals surface area contributed by atoms with Crippen LogP contribution in [0.4, 0.5) is 0 Å². The first-order valence-corrected chi connectivity index (χ1v) is 6.82. The van der Waals surface area contributed by atoms with Gasteiger partial charge in [-0.15, -0.1) is 0 Å². The summed E-state index contributed by atoms with van der Waals surface area (Å²) < 4.78 is 16.1. The summed E-state index contributed by atoms with van der Waals surface area (Å²) in [5.41, 5.74) is 1.82. The zero-order valence-electron chi connectivity index (χ0n) is 12.3. The van der Waals surface area contributed by atoms with Crippen LogP contribution in [0.3, 0.4) is 0 Å². The highest BCUT2D eigenvalue weighted by Gasteiger charge is 2.08. The van der Waals surface area contributed by atoms with Gasteiger partial charge in [-0.1, -0.05) is 30.3 Å². The molecule has 0 aliphatic rings. The Morgan fingerprint density at radius 2 is 1.86 bits per heavy atom. The van der Waals surface area contributed by atoms with E-state index in [1.807, 2.05) is 30.3 Å². The van der Waals surface area contributed by atoms with Crippen LogP contribution in [-0.4, -0.2) is 24.8 Å². The smallest absolute Gasteiger partial charge is 0.329 e. The monoisotopic (exact) mass is 302 g/mol. The van der Waals surface area contributed by atoms with Crippen LogP contribution in [0.15, 0.2) is 48.5 Å². The van der Waals surface area contributed by atoms with Crippen LogP contribution in [0.5, 0.6) is 11.5 Å². The number of hydrogen-bond donors (Lipinski definition) is 1. The van der Waals surface area contributed by atoms with Crippen LogP contribution in [-0.2, 0) is 22.7 Å². The number of benzene rings is 2. The van der Waals surface area contributed by atoms with Crippen molar-refractivity contribution >= 4 is 5.97 Å². The third-order valence-corrected chi connectivity index (χ3v) is 2.99. The molecular formula is C17H18O5. The van der Waals surface area contributed by atoms with E-state index in [1.165, 1.54) is 0 Å². The molecule has 0 spiro atoms. The molecule has 0 atom stereocenters. The molecule has 1 N–H and O–H groups in total. The molecule has 0 unspecified atom stereocenters. The van der Waals surface area contributed by atoms with Gasteiger partial charge in [-0.3, -0.25) is 0 Å². The number of carbonyl (C=O) groups is 1. The number of hydrogen-bond acceptors (Lipinski definition) is 4. The van der Waals surface area contributed by atoms with Crippen molar-refractivity contribution in [2.45, 2.75) is 13.2 Å². The number of ether oxygens (including phenoxy) is 3. The Bertz CT molecular complexity index is 610. The molecule has 0 aliphatic heterocycles. The maximum absolute atomic E-state index is 10.5. The first kappa shape index (κ1) is 15.9. The van der Waals surface area contributed by atoms with Crippen LogP contribution < -0.4 is 9.47 Å². The van der Waals surface area contributed by atoms with Crippen LogP contribution in [0.1, 0.15) is 11.1 Å². The third-order valence-electron chi connectivity index (χ3n) is 2.99. The van der Waals surface area contributed by atoms with Gasteiger partial charge in [0.1, 0.15) is 24.7 Å². The highest BCUT2D eigenvalue weighted by atomic mass is 16.5. The van der Waals surface area contributed by atoms with Crippen molar-refractivity contribution in [1.29, 1.82) is 0 Å². The summed E-state index contributed by atoms with van der Waals surface area (Å²) in [6.45, 7) is 0.241. The van der Waals surface area contributed by atoms with E-state index in [0.29, 0.717) is 18.1 Å². The van der Waals surface area contributed by atoms with Crippen LogP contribution in [0.2, 0.25) is 0 Å². The van der Waals surface area contributed by atoms with Crippen molar-refractivity contribution in [1.82, 2.24) is 0 Å². The second-order valence-electron chi connectivity index (χ2n) is 4.63. The molecule has 0 saturated heterocycles. The van der Waals surface area contributed by atoms with Crippen molar-refractivity contribution < 1.29 is 24.1 Å². The van der Waals surface area contributed by atoms with Gasteiger partial charge in [0.05, 0.1) is 13.7 Å². The molecule has 0 aromatic heterocycles. The lowest BCUT2D eigenvalue weighted by Crippen LogP contribution is -2.07. The molecule has 0 radical (unpaired) electrons. The quantitative estimate of drug-likeness (QED) is 0.812. The zero-order chi connectivity index (χ0) is 15.8. The Balaban J connectivity index is 2.06. The molecule has 2 aromatic rings. The summed E-state index contributed by atoms with van der Waals surface area (Å²) in [6.07, 6.45) is 0. The van der Waals surface area contributed by atoms with Gasteiger partial charge < -0.3 is 19.3 Å². The molecule has 0 amide bonds. The van der Waals surface area contributed by atoms with Crippen molar-refractivity contribution in [2.75, 3.05) is 13.7 Å². The van der Waals surface area contributed by atoms with Crippen LogP contribution in [0.25, 0.3) is 0 Å². The summed E-state index contributed by atoms with van der Waals surface area (Å²) >= 11 is 0.